The number of imidazole rings is 2. The number of piperidine rings is 2. The number of nitrogens with zero attached hydrogens (tertiary/aromatic N) is 12. The molecule has 24 heteroatoms. The van der Waals surface area contributed by atoms with Crippen molar-refractivity contribution in [2.45, 2.75) is 143 Å². The van der Waals surface area contributed by atoms with Gasteiger partial charge in [0.25, 0.3) is 0 Å². The monoisotopic (exact) mass is 1050 g/mol. The number of hydrogen-bond acceptors (Lipinski definition) is 16. The van der Waals surface area contributed by atoms with Crippen LogP contribution in [0.5, 0.6) is 0 Å². The summed E-state index contributed by atoms with van der Waals surface area (Å²) in [6.45, 7) is 21.3. The lowest BCUT2D eigenvalue weighted by Gasteiger charge is -2.44. The van der Waals surface area contributed by atoms with Gasteiger partial charge in [0.1, 0.15) is 17.2 Å². The first kappa shape index (κ1) is 52.8. The fourth-order valence-corrected chi connectivity index (χ4v) is 12.2. The Labute approximate surface area is 420 Å². The van der Waals surface area contributed by atoms with Crippen LogP contribution in [-0.2, 0) is 11.0 Å². The number of nitrogens with one attached hydrogen (secondary N) is 1. The third kappa shape index (κ3) is 10.8. The van der Waals surface area contributed by atoms with Crippen LogP contribution in [0.15, 0.2) is 48.8 Å². The Balaban J connectivity index is 0.000000163. The van der Waals surface area contributed by atoms with Crippen LogP contribution in [0.25, 0.3) is 22.4 Å². The highest BCUT2D eigenvalue weighted by molar-refractivity contribution is 9.10. The van der Waals surface area contributed by atoms with E-state index in [0.717, 1.165) is 120 Å². The number of fused-ring (bicyclic) bond motifs is 2. The van der Waals surface area contributed by atoms with Gasteiger partial charge in [0.05, 0.1) is 54.1 Å². The molecule has 2 spiro atoms. The van der Waals surface area contributed by atoms with Crippen LogP contribution in [0.4, 0.5) is 11.9 Å². The second-order valence-electron chi connectivity index (χ2n) is 20.1. The summed E-state index contributed by atoms with van der Waals surface area (Å²) in [6, 6.07) is 0.710. The molecule has 6 aromatic rings. The Morgan fingerprint density at radius 3 is 1.74 bits per heavy atom. The van der Waals surface area contributed by atoms with Crippen molar-refractivity contribution in [2.75, 3.05) is 36.0 Å². The van der Waals surface area contributed by atoms with Gasteiger partial charge >= 0.3 is 7.12 Å². The van der Waals surface area contributed by atoms with Crippen molar-refractivity contribution in [3.05, 3.63) is 63.6 Å². The summed E-state index contributed by atoms with van der Waals surface area (Å²) in [4.78, 5) is 23.8. The molecule has 21 nitrogen and oxygen atoms in total. The largest absolute Gasteiger partial charge is 0.494 e. The molecule has 2 aliphatic carbocycles. The predicted molar refractivity (Wildman–Crippen MR) is 275 cm³/mol. The van der Waals surface area contributed by atoms with E-state index in [9.17, 15) is 4.21 Å². The maximum absolute atomic E-state index is 12.7. The highest BCUT2D eigenvalue weighted by atomic mass is 79.9. The van der Waals surface area contributed by atoms with Crippen molar-refractivity contribution in [3.8, 4) is 11.1 Å². The van der Waals surface area contributed by atoms with E-state index in [0.29, 0.717) is 34.4 Å². The Hall–Kier alpha value is -5.01. The van der Waals surface area contributed by atoms with Gasteiger partial charge in [-0.1, -0.05) is 33.6 Å². The van der Waals surface area contributed by atoms with E-state index in [1.165, 1.54) is 32.1 Å². The number of aryl methyl sites for hydroxylation is 6. The molecule has 4 fully saturated rings. The number of hydrogen-bond donors (Lipinski definition) is 6. The molecule has 0 bridgehead atoms. The zero-order valence-corrected chi connectivity index (χ0v) is 44.3. The number of rotatable bonds is 6. The standard InChI is InChI=1S/C21H28N6O.C20H30BrN5OS.C5H8BNO3.H4N4/c1-13-18(17-14(2)25-28-15(17)3)19-23-9-12-27(19)20(24-13)26-10-7-21(8-11-26)6-4-5-16(21)22;1-14-16(21)17-22-10-13-26(17)18(23-14)25-11-8-20(9-12-25)7-5-6-15(20)24-28(27)19(2,3)4;1-3-5(6(8)9)4(2)10-7-3;1-3-4-2/h9,12,16H,4-8,10-11,22H2,1-3H3;10,13,15,24H,5-9,11-12H2,1-4H3;8-9H,1-2H3;(H2,1,4)(H2,2,3)/t16-;15-,28-;;/m11../s1. The molecule has 8 heterocycles. The summed E-state index contributed by atoms with van der Waals surface area (Å²) in [6.07, 6.45) is 19.5. The zero-order chi connectivity index (χ0) is 50.7. The minimum absolute atomic E-state index is 0.226. The predicted octanol–water partition coefficient (Wildman–Crippen LogP) is 5.56. The fraction of sp³-hybridized carbons (Fsp3) is 0.609. The van der Waals surface area contributed by atoms with E-state index in [2.05, 4.69) is 93.1 Å². The van der Waals surface area contributed by atoms with E-state index < -0.39 is 18.1 Å². The van der Waals surface area contributed by atoms with E-state index in [4.69, 9.17) is 30.3 Å². The maximum Gasteiger partial charge on any atom is 0.494 e. The molecule has 0 amide bonds. The van der Waals surface area contributed by atoms with E-state index >= 15 is 0 Å². The summed E-state index contributed by atoms with van der Waals surface area (Å²) >= 11 is 3.61. The summed E-state index contributed by atoms with van der Waals surface area (Å²) in [5, 5.41) is 30.4. The highest BCUT2D eigenvalue weighted by Crippen LogP contribution is 2.48. The fourth-order valence-electron chi connectivity index (χ4n) is 10.9. The molecule has 6 aromatic heterocycles. The lowest BCUT2D eigenvalue weighted by atomic mass is 9.74. The lowest BCUT2D eigenvalue weighted by Crippen LogP contribution is -2.51. The SMILES string of the molecule is Cc1nc(N2CCC3(CCC[C@H]3N[S@](=O)C(C)(C)C)CC2)n2ccnc2c1Br.Cc1noc(C)c1-c1c(C)nc(N2CCC3(CCC[C@H]3N)CC2)n2ccnc12.Cc1noc(C)c1B(O)O.N/N=N/N. The normalized spacial score (nSPS) is 20.1. The second kappa shape index (κ2) is 21.8. The van der Waals surface area contributed by atoms with Crippen LogP contribution in [0.3, 0.4) is 0 Å². The third-order valence-corrected chi connectivity index (χ3v) is 17.4. The van der Waals surface area contributed by atoms with Crippen molar-refractivity contribution in [1.29, 1.82) is 0 Å². The Morgan fingerprint density at radius 1 is 0.743 bits per heavy atom. The molecule has 4 aliphatic rings. The van der Waals surface area contributed by atoms with Crippen molar-refractivity contribution in [2.24, 2.45) is 38.7 Å². The summed E-state index contributed by atoms with van der Waals surface area (Å²) in [5.41, 5.74) is 14.6. The average molecular weight is 1050 g/mol. The molecule has 3 atom stereocenters. The number of nitrogens with two attached hydrogens (primary N) is 3. The third-order valence-electron chi connectivity index (χ3n) is 14.8. The lowest BCUT2D eigenvalue weighted by molar-refractivity contribution is 0.187. The van der Waals surface area contributed by atoms with E-state index in [1.54, 1.807) is 13.8 Å². The minimum Gasteiger partial charge on any atom is -0.423 e. The van der Waals surface area contributed by atoms with Gasteiger partial charge in [0.2, 0.25) is 11.9 Å². The summed E-state index contributed by atoms with van der Waals surface area (Å²) in [7, 11) is -2.49. The number of aromatic nitrogens is 8. The molecular formula is C46H70BBrN16O5S. The van der Waals surface area contributed by atoms with E-state index in [-0.39, 0.29) is 10.2 Å². The van der Waals surface area contributed by atoms with Gasteiger partial charge in [-0.2, -0.15) is 0 Å². The quantitative estimate of drug-likeness (QED) is 0.0515. The van der Waals surface area contributed by atoms with Crippen LogP contribution in [0, 0.1) is 52.4 Å². The highest BCUT2D eigenvalue weighted by Gasteiger charge is 2.47. The first-order valence-corrected chi connectivity index (χ1v) is 26.0. The van der Waals surface area contributed by atoms with Crippen LogP contribution in [-0.4, -0.2) is 103 Å². The number of halogens is 1. The second-order valence-corrected chi connectivity index (χ2v) is 22.9. The molecule has 0 aromatic carbocycles. The first-order chi connectivity index (χ1) is 33.3. The van der Waals surface area contributed by atoms with Gasteiger partial charge in [0, 0.05) is 68.5 Å². The van der Waals surface area contributed by atoms with Gasteiger partial charge in [0.15, 0.2) is 5.65 Å². The van der Waals surface area contributed by atoms with Gasteiger partial charge in [-0.25, -0.2) is 28.9 Å². The Morgan fingerprint density at radius 2 is 1.26 bits per heavy atom. The van der Waals surface area contributed by atoms with Crippen molar-refractivity contribution in [1.82, 2.24) is 43.8 Å². The maximum atomic E-state index is 12.7. The zero-order valence-electron chi connectivity index (χ0n) is 41.9. The van der Waals surface area contributed by atoms with Crippen molar-refractivity contribution >= 4 is 62.7 Å². The molecule has 70 heavy (non-hydrogen) atoms. The molecule has 2 saturated carbocycles. The van der Waals surface area contributed by atoms with Gasteiger partial charge in [-0.15, -0.1) is 0 Å². The molecule has 2 saturated heterocycles. The molecule has 2 aliphatic heterocycles. The molecule has 9 N–H and O–H groups in total. The van der Waals surface area contributed by atoms with Gasteiger partial charge in [-0.05, 0) is 140 Å². The van der Waals surface area contributed by atoms with E-state index in [1.807, 2.05) is 66.3 Å². The summed E-state index contributed by atoms with van der Waals surface area (Å²) in [5.74, 6) is 11.9. The molecular weight excluding hydrogens is 979 g/mol. The van der Waals surface area contributed by atoms with Gasteiger partial charge in [-0.3, -0.25) is 8.80 Å². The van der Waals surface area contributed by atoms with Crippen molar-refractivity contribution < 1.29 is 23.3 Å². The number of anilines is 2. The van der Waals surface area contributed by atoms with Gasteiger partial charge < -0.3 is 46.3 Å². The van der Waals surface area contributed by atoms with Crippen molar-refractivity contribution in [3.63, 3.8) is 0 Å². The van der Waals surface area contributed by atoms with Crippen LogP contribution >= 0.6 is 15.9 Å². The Kier molecular flexibility index (Phi) is 16.4. The topological polar surface area (TPSA) is 291 Å². The first-order valence-electron chi connectivity index (χ1n) is 24.0. The molecule has 10 rings (SSSR count). The van der Waals surface area contributed by atoms with Crippen LogP contribution in [0.1, 0.15) is 119 Å². The molecule has 380 valence electrons. The average Bonchev–Trinajstić information content (AvgIpc) is 4.21. The molecule has 0 radical (unpaired) electrons. The molecule has 0 unspecified atom stereocenters. The Bertz CT molecular complexity index is 2740. The smallest absolute Gasteiger partial charge is 0.423 e. The van der Waals surface area contributed by atoms with Crippen LogP contribution < -0.4 is 37.4 Å². The summed E-state index contributed by atoms with van der Waals surface area (Å²) < 4.78 is 31.2. The van der Waals surface area contributed by atoms with Crippen LogP contribution in [0.2, 0.25) is 0 Å². The minimum atomic E-state index is -1.48.